The lowest BCUT2D eigenvalue weighted by Gasteiger charge is -2.32. The lowest BCUT2D eigenvalue weighted by Crippen LogP contribution is -2.41. The summed E-state index contributed by atoms with van der Waals surface area (Å²) in [6, 6.07) is 9.07. The number of hydrogen-bond donors (Lipinski definition) is 1. The zero-order valence-corrected chi connectivity index (χ0v) is 13.9. The molecule has 1 fully saturated rings. The first kappa shape index (κ1) is 16.1. The zero-order chi connectivity index (χ0) is 16.7. The van der Waals surface area contributed by atoms with Gasteiger partial charge >= 0.3 is 7.12 Å². The summed E-state index contributed by atoms with van der Waals surface area (Å²) < 4.78 is 12.0. The predicted octanol–water partition coefficient (Wildman–Crippen LogP) is 1.86. The Morgan fingerprint density at radius 1 is 0.957 bits per heavy atom. The Morgan fingerprint density at radius 3 is 2.13 bits per heavy atom. The highest BCUT2D eigenvalue weighted by atomic mass is 16.7. The molecule has 1 aliphatic rings. The molecule has 0 radical (unpaired) electrons. The second kappa shape index (κ2) is 5.71. The lowest BCUT2D eigenvalue weighted by atomic mass is 9.80. The van der Waals surface area contributed by atoms with Crippen LogP contribution in [0.15, 0.2) is 42.7 Å². The fourth-order valence-electron chi connectivity index (χ4n) is 2.39. The minimum atomic E-state index is -0.844. The summed E-state index contributed by atoms with van der Waals surface area (Å²) in [5.41, 5.74) is 1.18. The van der Waals surface area contributed by atoms with E-state index < -0.39 is 13.2 Å². The molecule has 2 aromatic rings. The van der Waals surface area contributed by atoms with Crippen molar-refractivity contribution >= 4 is 12.6 Å². The molecule has 1 N–H and O–H groups in total. The monoisotopic (exact) mass is 312 g/mol. The van der Waals surface area contributed by atoms with Crippen molar-refractivity contribution < 1.29 is 14.4 Å². The first-order valence-corrected chi connectivity index (χ1v) is 7.71. The summed E-state index contributed by atoms with van der Waals surface area (Å²) in [7, 11) is -0.450. The van der Waals surface area contributed by atoms with Gasteiger partial charge in [-0.15, -0.1) is 0 Å². The molecule has 120 valence electrons. The normalized spacial score (nSPS) is 20.5. The molecular formula is C17H21BN2O3. The molecule has 0 saturated carbocycles. The van der Waals surface area contributed by atoms with E-state index in [1.165, 1.54) is 0 Å². The minimum Gasteiger partial charge on any atom is -0.399 e. The Kier molecular flexibility index (Phi) is 4.00. The first-order chi connectivity index (χ1) is 10.8. The van der Waals surface area contributed by atoms with Crippen molar-refractivity contribution in [1.82, 2.24) is 9.97 Å². The molecule has 23 heavy (non-hydrogen) atoms. The Morgan fingerprint density at radius 2 is 1.61 bits per heavy atom. The van der Waals surface area contributed by atoms with E-state index in [2.05, 4.69) is 9.97 Å². The predicted molar refractivity (Wildman–Crippen MR) is 88.3 cm³/mol. The van der Waals surface area contributed by atoms with Gasteiger partial charge in [-0.1, -0.05) is 12.1 Å². The van der Waals surface area contributed by atoms with E-state index in [0.717, 1.165) is 5.46 Å². The van der Waals surface area contributed by atoms with E-state index in [4.69, 9.17) is 9.31 Å². The van der Waals surface area contributed by atoms with Crippen LogP contribution in [0.4, 0.5) is 0 Å². The fourth-order valence-corrected chi connectivity index (χ4v) is 2.39. The van der Waals surface area contributed by atoms with Gasteiger partial charge in [0.15, 0.2) is 0 Å². The largest absolute Gasteiger partial charge is 0.496 e. The van der Waals surface area contributed by atoms with E-state index >= 15 is 0 Å². The Bertz CT molecular complexity index is 658. The second-order valence-corrected chi connectivity index (χ2v) is 6.76. The zero-order valence-electron chi connectivity index (χ0n) is 13.9. The number of aromatic nitrogens is 2. The van der Waals surface area contributed by atoms with Crippen LogP contribution in [0.25, 0.3) is 0 Å². The van der Waals surface area contributed by atoms with Gasteiger partial charge in [0.25, 0.3) is 0 Å². The molecule has 5 nitrogen and oxygen atoms in total. The maximum atomic E-state index is 10.3. The third kappa shape index (κ3) is 3.02. The lowest BCUT2D eigenvalue weighted by molar-refractivity contribution is 0.00578. The van der Waals surface area contributed by atoms with Gasteiger partial charge in [0.05, 0.1) is 22.6 Å². The average molecular weight is 312 g/mol. The molecule has 6 heteroatoms. The van der Waals surface area contributed by atoms with E-state index in [1.807, 2.05) is 45.9 Å². The van der Waals surface area contributed by atoms with E-state index in [9.17, 15) is 5.11 Å². The van der Waals surface area contributed by atoms with Crippen molar-refractivity contribution in [1.29, 1.82) is 0 Å². The molecule has 0 bridgehead atoms. The number of hydrogen-bond acceptors (Lipinski definition) is 5. The maximum Gasteiger partial charge on any atom is 0.496 e. The third-order valence-corrected chi connectivity index (χ3v) is 4.58. The van der Waals surface area contributed by atoms with Crippen LogP contribution >= 0.6 is 0 Å². The number of aliphatic hydroxyl groups is 1. The fraction of sp³-hybridized carbons (Fsp3) is 0.412. The molecule has 1 saturated heterocycles. The molecule has 1 atom stereocenters. The Labute approximate surface area is 136 Å². The van der Waals surface area contributed by atoms with Crippen molar-refractivity contribution in [2.75, 3.05) is 0 Å². The average Bonchev–Trinajstić information content (AvgIpc) is 2.76. The number of pyridine rings is 2. The van der Waals surface area contributed by atoms with Gasteiger partial charge in [0.1, 0.15) is 6.10 Å². The molecule has 1 aliphatic heterocycles. The van der Waals surface area contributed by atoms with Crippen LogP contribution in [0.3, 0.4) is 0 Å². The quantitative estimate of drug-likeness (QED) is 0.877. The SMILES string of the molecule is CC1(C)OB(c2ccc(C(O)c3ccccn3)nc2)OC1(C)C. The van der Waals surface area contributed by atoms with Gasteiger partial charge in [-0.3, -0.25) is 9.97 Å². The number of rotatable bonds is 3. The van der Waals surface area contributed by atoms with Crippen LogP contribution in [-0.4, -0.2) is 33.4 Å². The number of nitrogens with zero attached hydrogens (tertiary/aromatic N) is 2. The van der Waals surface area contributed by atoms with Crippen molar-refractivity contribution in [2.45, 2.75) is 45.0 Å². The molecule has 2 aromatic heterocycles. The maximum absolute atomic E-state index is 10.3. The minimum absolute atomic E-state index is 0.385. The van der Waals surface area contributed by atoms with E-state index in [-0.39, 0.29) is 11.2 Å². The molecule has 0 amide bonds. The molecule has 0 aliphatic carbocycles. The smallest absolute Gasteiger partial charge is 0.399 e. The second-order valence-electron chi connectivity index (χ2n) is 6.76. The summed E-state index contributed by atoms with van der Waals surface area (Å²) in [4.78, 5) is 8.50. The molecule has 3 rings (SSSR count). The van der Waals surface area contributed by atoms with E-state index in [1.54, 1.807) is 24.5 Å². The highest BCUT2D eigenvalue weighted by molar-refractivity contribution is 6.62. The third-order valence-electron chi connectivity index (χ3n) is 4.58. The van der Waals surface area contributed by atoms with Crippen molar-refractivity contribution in [2.24, 2.45) is 0 Å². The van der Waals surface area contributed by atoms with Crippen LogP contribution in [-0.2, 0) is 9.31 Å². The standard InChI is InChI=1S/C17H21BN2O3/c1-16(2)17(3,4)23-18(22-16)12-8-9-14(20-11-12)15(21)13-7-5-6-10-19-13/h5-11,15,21H,1-4H3. The first-order valence-electron chi connectivity index (χ1n) is 7.71. The van der Waals surface area contributed by atoms with Gasteiger partial charge in [0, 0.05) is 17.9 Å². The topological polar surface area (TPSA) is 64.5 Å². The highest BCUT2D eigenvalue weighted by Gasteiger charge is 2.51. The van der Waals surface area contributed by atoms with Gasteiger partial charge in [-0.2, -0.15) is 0 Å². The Balaban J connectivity index is 1.78. The molecule has 0 spiro atoms. The van der Waals surface area contributed by atoms with Crippen molar-refractivity contribution in [3.8, 4) is 0 Å². The molecular weight excluding hydrogens is 291 g/mol. The summed E-state index contributed by atoms with van der Waals surface area (Å²) in [6.07, 6.45) is 2.49. The summed E-state index contributed by atoms with van der Waals surface area (Å²) in [5, 5.41) is 10.3. The summed E-state index contributed by atoms with van der Waals surface area (Å²) >= 11 is 0. The van der Waals surface area contributed by atoms with Gasteiger partial charge in [0.2, 0.25) is 0 Å². The van der Waals surface area contributed by atoms with Gasteiger partial charge < -0.3 is 14.4 Å². The van der Waals surface area contributed by atoms with Crippen molar-refractivity contribution in [3.63, 3.8) is 0 Å². The molecule has 0 aromatic carbocycles. The van der Waals surface area contributed by atoms with Crippen LogP contribution in [0.5, 0.6) is 0 Å². The van der Waals surface area contributed by atoms with Crippen LogP contribution in [0, 0.1) is 0 Å². The van der Waals surface area contributed by atoms with Crippen LogP contribution < -0.4 is 5.46 Å². The van der Waals surface area contributed by atoms with Crippen molar-refractivity contribution in [3.05, 3.63) is 54.1 Å². The van der Waals surface area contributed by atoms with E-state index in [0.29, 0.717) is 11.4 Å². The summed E-state index contributed by atoms with van der Waals surface area (Å²) in [6.45, 7) is 8.05. The molecule has 3 heterocycles. The van der Waals surface area contributed by atoms with Crippen LogP contribution in [0.1, 0.15) is 45.2 Å². The summed E-state index contributed by atoms with van der Waals surface area (Å²) in [5.74, 6) is 0. The van der Waals surface area contributed by atoms with Crippen LogP contribution in [0.2, 0.25) is 0 Å². The molecule has 1 unspecified atom stereocenters. The van der Waals surface area contributed by atoms with Gasteiger partial charge in [-0.25, -0.2) is 0 Å². The van der Waals surface area contributed by atoms with Gasteiger partial charge in [-0.05, 0) is 45.9 Å². The number of aliphatic hydroxyl groups excluding tert-OH is 1. The highest BCUT2D eigenvalue weighted by Crippen LogP contribution is 2.36. The Hall–Kier alpha value is -1.76.